The summed E-state index contributed by atoms with van der Waals surface area (Å²) in [5.41, 5.74) is 2.16. The molecular formula is C18H14N4OS3. The summed E-state index contributed by atoms with van der Waals surface area (Å²) in [6, 6.07) is 10.1. The first-order valence-corrected chi connectivity index (χ1v) is 10.6. The van der Waals surface area contributed by atoms with E-state index < -0.39 is 0 Å². The van der Waals surface area contributed by atoms with Crippen molar-refractivity contribution in [2.75, 3.05) is 7.11 Å². The van der Waals surface area contributed by atoms with Gasteiger partial charge in [-0.3, -0.25) is 0 Å². The highest BCUT2D eigenvalue weighted by Crippen LogP contribution is 2.41. The van der Waals surface area contributed by atoms with Crippen molar-refractivity contribution in [1.29, 1.82) is 0 Å². The van der Waals surface area contributed by atoms with Crippen molar-refractivity contribution in [3.8, 4) is 27.7 Å². The number of hydrogen-bond donors (Lipinski definition) is 0. The molecule has 5 aromatic rings. The zero-order chi connectivity index (χ0) is 17.7. The van der Waals surface area contributed by atoms with Gasteiger partial charge in [-0.25, -0.2) is 0 Å². The highest BCUT2D eigenvalue weighted by Gasteiger charge is 2.18. The highest BCUT2D eigenvalue weighted by molar-refractivity contribution is 7.38. The Bertz CT molecular complexity index is 1210. The average Bonchev–Trinajstić information content (AvgIpc) is 3.40. The number of nitrogens with zero attached hydrogens (tertiary/aromatic N) is 4. The van der Waals surface area contributed by atoms with Gasteiger partial charge < -0.3 is 4.74 Å². The quantitative estimate of drug-likeness (QED) is 0.408. The Morgan fingerprint density at radius 1 is 1.12 bits per heavy atom. The van der Waals surface area contributed by atoms with Crippen molar-refractivity contribution in [1.82, 2.24) is 19.8 Å². The summed E-state index contributed by atoms with van der Waals surface area (Å²) in [4.78, 5) is 2.21. The zero-order valence-electron chi connectivity index (χ0n) is 14.1. The molecule has 1 aromatic carbocycles. The smallest absolute Gasteiger partial charge is 0.235 e. The number of ether oxygens (including phenoxy) is 1. The van der Waals surface area contributed by atoms with E-state index in [0.717, 1.165) is 33.5 Å². The van der Waals surface area contributed by atoms with Crippen LogP contribution in [0.15, 0.2) is 35.7 Å². The Kier molecular flexibility index (Phi) is 3.77. The minimum Gasteiger partial charge on any atom is -0.497 e. The molecule has 4 aromatic heterocycles. The molecule has 5 nitrogen and oxygen atoms in total. The van der Waals surface area contributed by atoms with Crippen LogP contribution >= 0.6 is 34.0 Å². The topological polar surface area (TPSA) is 52.3 Å². The number of rotatable bonds is 4. The third-order valence-corrected chi connectivity index (χ3v) is 7.57. The molecule has 0 fully saturated rings. The Balaban J connectivity index is 1.61. The van der Waals surface area contributed by atoms with Gasteiger partial charge in [-0.2, -0.15) is 9.61 Å². The lowest BCUT2D eigenvalue weighted by molar-refractivity contribution is 0.415. The van der Waals surface area contributed by atoms with Crippen molar-refractivity contribution >= 4 is 48.4 Å². The summed E-state index contributed by atoms with van der Waals surface area (Å²) in [5, 5.41) is 17.9. The van der Waals surface area contributed by atoms with Crippen molar-refractivity contribution in [3.05, 3.63) is 40.6 Å². The van der Waals surface area contributed by atoms with E-state index >= 15 is 0 Å². The molecule has 0 saturated carbocycles. The molecular weight excluding hydrogens is 384 g/mol. The van der Waals surface area contributed by atoms with Crippen LogP contribution in [-0.2, 0) is 6.42 Å². The molecule has 0 radical (unpaired) electrons. The summed E-state index contributed by atoms with van der Waals surface area (Å²) in [5.74, 6) is 1.56. The van der Waals surface area contributed by atoms with E-state index in [-0.39, 0.29) is 0 Å². The zero-order valence-corrected chi connectivity index (χ0v) is 16.5. The number of aromatic nitrogens is 4. The molecule has 0 N–H and O–H groups in total. The van der Waals surface area contributed by atoms with E-state index in [1.165, 1.54) is 19.8 Å². The first-order chi connectivity index (χ1) is 12.8. The third-order valence-electron chi connectivity index (χ3n) is 4.24. The molecule has 26 heavy (non-hydrogen) atoms. The monoisotopic (exact) mass is 398 g/mol. The van der Waals surface area contributed by atoms with E-state index in [4.69, 9.17) is 9.84 Å². The molecule has 8 heteroatoms. The molecule has 0 amide bonds. The first-order valence-electron chi connectivity index (χ1n) is 8.13. The molecule has 0 aliphatic heterocycles. The van der Waals surface area contributed by atoms with E-state index in [2.05, 4.69) is 28.6 Å². The second-order valence-electron chi connectivity index (χ2n) is 5.77. The van der Waals surface area contributed by atoms with Gasteiger partial charge in [0.25, 0.3) is 0 Å². The van der Waals surface area contributed by atoms with E-state index in [1.54, 1.807) is 29.8 Å². The number of methoxy groups -OCH3 is 1. The van der Waals surface area contributed by atoms with E-state index in [0.29, 0.717) is 0 Å². The number of aryl methyl sites for hydroxylation is 1. The van der Waals surface area contributed by atoms with Gasteiger partial charge in [0.2, 0.25) is 4.96 Å². The standard InChI is InChI=1S/C18H14N4OS3/c1-3-12-8-13-14(9-24-17(13)25-12)16-21-22-15(19-20-18(22)26-16)10-4-6-11(23-2)7-5-10/h4-9H,3H2,1-2H3. The predicted molar refractivity (Wildman–Crippen MR) is 109 cm³/mol. The predicted octanol–water partition coefficient (Wildman–Crippen LogP) is 5.37. The largest absolute Gasteiger partial charge is 0.497 e. The Labute approximate surface area is 161 Å². The van der Waals surface area contributed by atoms with Crippen molar-refractivity contribution < 1.29 is 4.74 Å². The second kappa shape index (κ2) is 6.15. The summed E-state index contributed by atoms with van der Waals surface area (Å²) >= 11 is 5.24. The molecule has 5 rings (SSSR count). The molecule has 0 aliphatic carbocycles. The highest BCUT2D eigenvalue weighted by atomic mass is 32.2. The van der Waals surface area contributed by atoms with E-state index in [1.807, 2.05) is 40.1 Å². The molecule has 0 unspecified atom stereocenters. The Morgan fingerprint density at radius 3 is 2.73 bits per heavy atom. The van der Waals surface area contributed by atoms with Gasteiger partial charge in [-0.05, 0) is 36.8 Å². The maximum Gasteiger partial charge on any atom is 0.235 e. The number of fused-ring (bicyclic) bond motifs is 2. The van der Waals surface area contributed by atoms with Crippen LogP contribution in [0.25, 0.3) is 36.3 Å². The van der Waals surface area contributed by atoms with Crippen LogP contribution in [-0.4, -0.2) is 26.9 Å². The van der Waals surface area contributed by atoms with Crippen LogP contribution in [0.1, 0.15) is 11.8 Å². The van der Waals surface area contributed by atoms with Crippen LogP contribution in [0.5, 0.6) is 5.75 Å². The van der Waals surface area contributed by atoms with Crippen LogP contribution in [0.3, 0.4) is 0 Å². The minimum absolute atomic E-state index is 0.746. The van der Waals surface area contributed by atoms with Gasteiger partial charge in [-0.1, -0.05) is 18.3 Å². The van der Waals surface area contributed by atoms with Crippen molar-refractivity contribution in [2.24, 2.45) is 0 Å². The van der Waals surface area contributed by atoms with Crippen molar-refractivity contribution in [2.45, 2.75) is 13.3 Å². The van der Waals surface area contributed by atoms with Crippen LogP contribution in [0.2, 0.25) is 0 Å². The van der Waals surface area contributed by atoms with Gasteiger partial charge in [0.05, 0.1) is 11.1 Å². The van der Waals surface area contributed by atoms with Gasteiger partial charge in [0.1, 0.15) is 10.8 Å². The fraction of sp³-hybridized carbons (Fsp3) is 0.167. The molecule has 0 atom stereocenters. The fourth-order valence-electron chi connectivity index (χ4n) is 2.86. The number of hydrogen-bond acceptors (Lipinski definition) is 7. The van der Waals surface area contributed by atoms with Crippen LogP contribution < -0.4 is 4.74 Å². The molecule has 0 saturated heterocycles. The molecule has 0 aliphatic rings. The molecule has 4 heterocycles. The lowest BCUT2D eigenvalue weighted by atomic mass is 10.2. The maximum atomic E-state index is 5.22. The van der Waals surface area contributed by atoms with E-state index in [9.17, 15) is 0 Å². The van der Waals surface area contributed by atoms with Gasteiger partial charge in [0, 0.05) is 26.8 Å². The molecule has 130 valence electrons. The Hall–Kier alpha value is -2.29. The van der Waals surface area contributed by atoms with Crippen LogP contribution in [0.4, 0.5) is 0 Å². The van der Waals surface area contributed by atoms with Crippen molar-refractivity contribution in [3.63, 3.8) is 0 Å². The second-order valence-corrected chi connectivity index (χ2v) is 9.00. The maximum absolute atomic E-state index is 5.22. The summed E-state index contributed by atoms with van der Waals surface area (Å²) in [6.45, 7) is 2.19. The minimum atomic E-state index is 0.746. The SMILES string of the molecule is CCc1cc2c(-c3nn4c(-c5ccc(OC)cc5)nnc4s3)csc2s1. The van der Waals surface area contributed by atoms with Gasteiger partial charge in [0.15, 0.2) is 5.82 Å². The lowest BCUT2D eigenvalue weighted by Gasteiger charge is -2.00. The summed E-state index contributed by atoms with van der Waals surface area (Å²) in [6.07, 6.45) is 1.07. The average molecular weight is 399 g/mol. The van der Waals surface area contributed by atoms with Gasteiger partial charge >= 0.3 is 0 Å². The normalized spacial score (nSPS) is 11.6. The summed E-state index contributed by atoms with van der Waals surface area (Å²) in [7, 11) is 1.66. The fourth-order valence-corrected chi connectivity index (χ4v) is 6.06. The first kappa shape index (κ1) is 15.9. The molecule has 0 spiro atoms. The van der Waals surface area contributed by atoms with Gasteiger partial charge in [-0.15, -0.1) is 32.9 Å². The number of benzene rings is 1. The lowest BCUT2D eigenvalue weighted by Crippen LogP contribution is -1.91. The third kappa shape index (κ3) is 2.45. The Morgan fingerprint density at radius 2 is 1.96 bits per heavy atom. The molecule has 0 bridgehead atoms. The summed E-state index contributed by atoms with van der Waals surface area (Å²) < 4.78 is 8.42. The van der Waals surface area contributed by atoms with Crippen LogP contribution in [0, 0.1) is 0 Å². The number of thiophene rings is 2.